The molecular formula is C10H21N3O2. The van der Waals surface area contributed by atoms with Crippen molar-refractivity contribution >= 4 is 5.91 Å². The molecule has 1 saturated heterocycles. The molecule has 2 atom stereocenters. The van der Waals surface area contributed by atoms with Crippen molar-refractivity contribution in [3.63, 3.8) is 0 Å². The van der Waals surface area contributed by atoms with Gasteiger partial charge in [0.15, 0.2) is 0 Å². The highest BCUT2D eigenvalue weighted by Gasteiger charge is 2.24. The number of rotatable bonds is 4. The van der Waals surface area contributed by atoms with E-state index in [-0.39, 0.29) is 12.5 Å². The van der Waals surface area contributed by atoms with E-state index in [9.17, 15) is 4.79 Å². The van der Waals surface area contributed by atoms with Crippen LogP contribution >= 0.6 is 0 Å². The average Bonchev–Trinajstić information content (AvgIpc) is 2.61. The summed E-state index contributed by atoms with van der Waals surface area (Å²) in [6, 6.07) is -0.769. The minimum Gasteiger partial charge on any atom is -0.394 e. The second-order valence-corrected chi connectivity index (χ2v) is 4.42. The molecule has 2 unspecified atom stereocenters. The maximum atomic E-state index is 11.6. The van der Waals surface area contributed by atoms with Crippen LogP contribution in [0.25, 0.3) is 0 Å². The van der Waals surface area contributed by atoms with Crippen LogP contribution in [0.5, 0.6) is 0 Å². The van der Waals surface area contributed by atoms with Crippen molar-refractivity contribution in [3.05, 3.63) is 0 Å². The van der Waals surface area contributed by atoms with Crippen molar-refractivity contribution in [3.8, 4) is 0 Å². The number of carbonyl (C=O) groups excluding carboxylic acids is 1. The van der Waals surface area contributed by atoms with E-state index >= 15 is 0 Å². The van der Waals surface area contributed by atoms with E-state index in [0.717, 1.165) is 26.1 Å². The largest absolute Gasteiger partial charge is 0.394 e. The molecule has 0 radical (unpaired) electrons. The Labute approximate surface area is 90.8 Å². The maximum absolute atomic E-state index is 11.6. The van der Waals surface area contributed by atoms with Gasteiger partial charge in [-0.2, -0.15) is 0 Å². The summed E-state index contributed by atoms with van der Waals surface area (Å²) in [6.45, 7) is 2.58. The molecule has 1 aliphatic heterocycles. The number of hydrogen-bond acceptors (Lipinski definition) is 4. The second-order valence-electron chi connectivity index (χ2n) is 4.42. The fraction of sp³-hybridized carbons (Fsp3) is 0.900. The normalized spacial score (nSPS) is 24.1. The molecule has 0 spiro atoms. The number of hydrogen-bond donors (Lipinski definition) is 2. The summed E-state index contributed by atoms with van der Waals surface area (Å²) < 4.78 is 0. The molecule has 3 N–H and O–H groups in total. The van der Waals surface area contributed by atoms with E-state index < -0.39 is 6.04 Å². The number of aliphatic hydroxyl groups excluding tert-OH is 1. The van der Waals surface area contributed by atoms with Crippen LogP contribution in [0.4, 0.5) is 0 Å². The summed E-state index contributed by atoms with van der Waals surface area (Å²) in [5.41, 5.74) is 5.47. The van der Waals surface area contributed by atoms with Gasteiger partial charge in [0.2, 0.25) is 5.91 Å². The molecule has 5 nitrogen and oxygen atoms in total. The van der Waals surface area contributed by atoms with E-state index in [1.165, 1.54) is 0 Å². The SMILES string of the molecule is CN1CCC(CN(C)C(=O)C(N)CO)C1. The fourth-order valence-electron chi connectivity index (χ4n) is 2.01. The van der Waals surface area contributed by atoms with Crippen LogP contribution in [-0.2, 0) is 4.79 Å². The van der Waals surface area contributed by atoms with Gasteiger partial charge in [-0.15, -0.1) is 0 Å². The van der Waals surface area contributed by atoms with Crippen molar-refractivity contribution in [2.75, 3.05) is 40.3 Å². The van der Waals surface area contributed by atoms with Crippen LogP contribution in [0.3, 0.4) is 0 Å². The highest BCUT2D eigenvalue weighted by Crippen LogP contribution is 2.15. The minimum absolute atomic E-state index is 0.174. The number of carbonyl (C=O) groups is 1. The maximum Gasteiger partial charge on any atom is 0.241 e. The minimum atomic E-state index is -0.769. The third kappa shape index (κ3) is 3.44. The van der Waals surface area contributed by atoms with E-state index in [2.05, 4.69) is 11.9 Å². The van der Waals surface area contributed by atoms with Crippen molar-refractivity contribution < 1.29 is 9.90 Å². The van der Waals surface area contributed by atoms with Crippen molar-refractivity contribution in [1.82, 2.24) is 9.80 Å². The topological polar surface area (TPSA) is 69.8 Å². The first-order chi connectivity index (χ1) is 7.04. The molecule has 1 heterocycles. The molecule has 0 saturated carbocycles. The third-order valence-corrected chi connectivity index (χ3v) is 2.91. The molecule has 88 valence electrons. The molecule has 1 rings (SSSR count). The van der Waals surface area contributed by atoms with Crippen LogP contribution in [0.1, 0.15) is 6.42 Å². The fourth-order valence-corrected chi connectivity index (χ4v) is 2.01. The van der Waals surface area contributed by atoms with E-state index in [1.54, 1.807) is 11.9 Å². The Kier molecular flexibility index (Phi) is 4.50. The Morgan fingerprint density at radius 3 is 2.87 bits per heavy atom. The van der Waals surface area contributed by atoms with Crippen LogP contribution in [0.2, 0.25) is 0 Å². The first-order valence-corrected chi connectivity index (χ1v) is 5.34. The van der Waals surface area contributed by atoms with Crippen LogP contribution in [0.15, 0.2) is 0 Å². The lowest BCUT2D eigenvalue weighted by Gasteiger charge is -2.23. The number of aliphatic hydroxyl groups is 1. The van der Waals surface area contributed by atoms with E-state index in [4.69, 9.17) is 10.8 Å². The lowest BCUT2D eigenvalue weighted by molar-refractivity contribution is -0.132. The predicted molar refractivity (Wildman–Crippen MR) is 58.3 cm³/mol. The second kappa shape index (κ2) is 5.44. The molecule has 1 amide bonds. The molecule has 0 aromatic heterocycles. The van der Waals surface area contributed by atoms with E-state index in [1.807, 2.05) is 0 Å². The van der Waals surface area contributed by atoms with E-state index in [0.29, 0.717) is 5.92 Å². The molecule has 1 fully saturated rings. The number of likely N-dealkylation sites (N-methyl/N-ethyl adjacent to an activating group) is 1. The summed E-state index contributed by atoms with van der Waals surface area (Å²) in [5, 5.41) is 8.78. The summed E-state index contributed by atoms with van der Waals surface area (Å²) in [5.74, 6) is 0.363. The summed E-state index contributed by atoms with van der Waals surface area (Å²) in [4.78, 5) is 15.5. The van der Waals surface area contributed by atoms with Crippen LogP contribution in [0, 0.1) is 5.92 Å². The van der Waals surface area contributed by atoms with Crippen molar-refractivity contribution in [2.45, 2.75) is 12.5 Å². The van der Waals surface area contributed by atoms with Gasteiger partial charge in [0.25, 0.3) is 0 Å². The Balaban J connectivity index is 2.35. The van der Waals surface area contributed by atoms with Gasteiger partial charge in [0, 0.05) is 20.1 Å². The molecule has 5 heteroatoms. The number of amides is 1. The lowest BCUT2D eigenvalue weighted by Crippen LogP contribution is -2.45. The number of nitrogens with two attached hydrogens (primary N) is 1. The Morgan fingerprint density at radius 2 is 2.40 bits per heavy atom. The smallest absolute Gasteiger partial charge is 0.241 e. The van der Waals surface area contributed by atoms with Crippen molar-refractivity contribution in [1.29, 1.82) is 0 Å². The Morgan fingerprint density at radius 1 is 1.73 bits per heavy atom. The van der Waals surface area contributed by atoms with Gasteiger partial charge < -0.3 is 20.6 Å². The third-order valence-electron chi connectivity index (χ3n) is 2.91. The predicted octanol–water partition coefficient (Wildman–Crippen LogP) is -1.28. The first-order valence-electron chi connectivity index (χ1n) is 5.34. The molecule has 0 aliphatic carbocycles. The van der Waals surface area contributed by atoms with Gasteiger partial charge in [-0.3, -0.25) is 4.79 Å². The van der Waals surface area contributed by atoms with Gasteiger partial charge in [-0.05, 0) is 25.9 Å². The zero-order valence-electron chi connectivity index (χ0n) is 9.52. The van der Waals surface area contributed by atoms with Gasteiger partial charge in [0.1, 0.15) is 6.04 Å². The standard InChI is InChI=1S/C10H21N3O2/c1-12-4-3-8(5-12)6-13(2)10(15)9(11)7-14/h8-9,14H,3-7,11H2,1-2H3. The lowest BCUT2D eigenvalue weighted by atomic mass is 10.1. The highest BCUT2D eigenvalue weighted by molar-refractivity contribution is 5.81. The summed E-state index contributed by atoms with van der Waals surface area (Å²) >= 11 is 0. The van der Waals surface area contributed by atoms with Crippen LogP contribution < -0.4 is 5.73 Å². The van der Waals surface area contributed by atoms with Crippen molar-refractivity contribution in [2.24, 2.45) is 11.7 Å². The monoisotopic (exact) mass is 215 g/mol. The van der Waals surface area contributed by atoms with Gasteiger partial charge in [-0.25, -0.2) is 0 Å². The van der Waals surface area contributed by atoms with Gasteiger partial charge in [0.05, 0.1) is 6.61 Å². The molecule has 0 aromatic carbocycles. The number of nitrogens with zero attached hydrogens (tertiary/aromatic N) is 2. The van der Waals surface area contributed by atoms with Gasteiger partial charge >= 0.3 is 0 Å². The first kappa shape index (κ1) is 12.4. The number of likely N-dealkylation sites (tertiary alicyclic amines) is 1. The highest BCUT2D eigenvalue weighted by atomic mass is 16.3. The zero-order chi connectivity index (χ0) is 11.4. The Hall–Kier alpha value is -0.650. The quantitative estimate of drug-likeness (QED) is 0.612. The van der Waals surface area contributed by atoms with Gasteiger partial charge in [-0.1, -0.05) is 0 Å². The molecular weight excluding hydrogens is 194 g/mol. The molecule has 0 bridgehead atoms. The molecule has 0 aromatic rings. The average molecular weight is 215 g/mol. The summed E-state index contributed by atoms with van der Waals surface area (Å²) in [6.07, 6.45) is 1.13. The molecule has 15 heavy (non-hydrogen) atoms. The molecule has 1 aliphatic rings. The zero-order valence-corrected chi connectivity index (χ0v) is 9.52. The Bertz CT molecular complexity index is 223. The van der Waals surface area contributed by atoms with Crippen LogP contribution in [-0.4, -0.2) is 67.2 Å². The summed E-state index contributed by atoms with van der Waals surface area (Å²) in [7, 11) is 3.83.